The number of carbonyl (C=O) groups excluding carboxylic acids is 1. The van der Waals surface area contributed by atoms with Crippen LogP contribution in [-0.2, 0) is 11.2 Å². The maximum atomic E-state index is 10.9. The van der Waals surface area contributed by atoms with E-state index in [1.54, 1.807) is 12.1 Å². The van der Waals surface area contributed by atoms with Gasteiger partial charge in [-0.05, 0) is 31.5 Å². The summed E-state index contributed by atoms with van der Waals surface area (Å²) in [5.41, 5.74) is 0.776. The van der Waals surface area contributed by atoms with Gasteiger partial charge in [0.2, 0.25) is 5.91 Å². The minimum atomic E-state index is -0.827. The summed E-state index contributed by atoms with van der Waals surface area (Å²) in [6.07, 6.45) is 20.2. The number of amides is 1. The van der Waals surface area contributed by atoms with Crippen LogP contribution in [0.4, 0.5) is 0 Å². The number of nitrogens with one attached hydrogen (secondary N) is 3. The van der Waals surface area contributed by atoms with Crippen molar-refractivity contribution < 1.29 is 15.0 Å². The van der Waals surface area contributed by atoms with E-state index in [0.29, 0.717) is 4.77 Å². The van der Waals surface area contributed by atoms with Crippen molar-refractivity contribution in [1.82, 2.24) is 15.3 Å². The zero-order chi connectivity index (χ0) is 26.3. The maximum absolute atomic E-state index is 10.9. The molecular weight excluding hydrogens is 462 g/mol. The predicted molar refractivity (Wildman–Crippen MR) is 147 cm³/mol. The van der Waals surface area contributed by atoms with Crippen LogP contribution in [0.5, 0.6) is 0 Å². The van der Waals surface area contributed by atoms with Gasteiger partial charge in [0.15, 0.2) is 4.77 Å². The smallest absolute Gasteiger partial charge is 0.251 e. The molecule has 0 radical (unpaired) electrons. The fraction of sp³-hybridized carbons (Fsp3) is 0.741. The first-order chi connectivity index (χ1) is 16.8. The van der Waals surface area contributed by atoms with Crippen LogP contribution >= 0.6 is 12.2 Å². The number of aryl methyl sites for hydroxylation is 1. The molecule has 0 aliphatic rings. The van der Waals surface area contributed by atoms with Gasteiger partial charge in [-0.15, -0.1) is 0 Å². The van der Waals surface area contributed by atoms with E-state index in [0.717, 1.165) is 31.4 Å². The minimum absolute atomic E-state index is 0.128. The van der Waals surface area contributed by atoms with Crippen molar-refractivity contribution in [3.63, 3.8) is 0 Å². The number of rotatable bonds is 18. The van der Waals surface area contributed by atoms with E-state index in [-0.39, 0.29) is 18.1 Å². The lowest BCUT2D eigenvalue weighted by Crippen LogP contribution is -2.44. The number of H-pyrrole nitrogens is 2. The van der Waals surface area contributed by atoms with Crippen molar-refractivity contribution in [2.75, 3.05) is 6.61 Å². The van der Waals surface area contributed by atoms with Crippen molar-refractivity contribution >= 4 is 18.1 Å². The molecule has 8 heteroatoms. The molecule has 5 N–H and O–H groups in total. The number of allylic oxidation sites excluding steroid dienone is 1. The van der Waals surface area contributed by atoms with E-state index < -0.39 is 12.1 Å². The van der Waals surface area contributed by atoms with E-state index in [1.807, 2.05) is 6.08 Å². The fourth-order valence-electron chi connectivity index (χ4n) is 3.72. The van der Waals surface area contributed by atoms with Crippen molar-refractivity contribution in [2.45, 2.75) is 123 Å². The number of hydrogen-bond acceptors (Lipinski definition) is 5. The monoisotopic (exact) mass is 511 g/mol. The average molecular weight is 512 g/mol. The Bertz CT molecular complexity index is 763. The molecule has 1 amide bonds. The van der Waals surface area contributed by atoms with Gasteiger partial charge in [0.1, 0.15) is 0 Å². The van der Waals surface area contributed by atoms with E-state index in [9.17, 15) is 14.7 Å². The second-order valence-electron chi connectivity index (χ2n) is 9.10. The Kier molecular flexibility index (Phi) is 21.5. The van der Waals surface area contributed by atoms with Crippen molar-refractivity contribution in [2.24, 2.45) is 0 Å². The summed E-state index contributed by atoms with van der Waals surface area (Å²) in [5.74, 6) is -0.244. The molecule has 7 nitrogen and oxygen atoms in total. The molecule has 2 atom stereocenters. The largest absolute Gasteiger partial charge is 0.394 e. The van der Waals surface area contributed by atoms with Gasteiger partial charge in [-0.1, -0.05) is 96.6 Å². The van der Waals surface area contributed by atoms with Crippen LogP contribution in [0, 0.1) is 4.77 Å². The van der Waals surface area contributed by atoms with Crippen LogP contribution in [-0.4, -0.2) is 44.8 Å². The highest BCUT2D eigenvalue weighted by Crippen LogP contribution is 2.12. The Labute approximate surface area is 216 Å². The topological polar surface area (TPSA) is 118 Å². The van der Waals surface area contributed by atoms with Crippen molar-refractivity contribution in [3.8, 4) is 0 Å². The molecular formula is C27H49N3O4S. The molecule has 35 heavy (non-hydrogen) atoms. The highest BCUT2D eigenvalue weighted by molar-refractivity contribution is 7.71. The number of unbranched alkanes of at least 4 members (excludes halogenated alkanes) is 11. The lowest BCUT2D eigenvalue weighted by Gasteiger charge is -2.18. The molecule has 0 saturated heterocycles. The van der Waals surface area contributed by atoms with Crippen LogP contribution in [0.1, 0.15) is 110 Å². The lowest BCUT2D eigenvalue weighted by atomic mass is 10.0. The van der Waals surface area contributed by atoms with E-state index >= 15 is 0 Å². The molecule has 202 valence electrons. The molecule has 1 aromatic rings. The molecule has 0 fully saturated rings. The molecule has 2 unspecified atom stereocenters. The molecule has 0 bridgehead atoms. The van der Waals surface area contributed by atoms with Gasteiger partial charge >= 0.3 is 0 Å². The molecule has 0 saturated carbocycles. The van der Waals surface area contributed by atoms with Crippen LogP contribution < -0.4 is 10.9 Å². The predicted octanol–water partition coefficient (Wildman–Crippen LogP) is 5.49. The van der Waals surface area contributed by atoms with Crippen LogP contribution in [0.25, 0.3) is 0 Å². The molecule has 0 aliphatic heterocycles. The van der Waals surface area contributed by atoms with E-state index in [1.165, 1.54) is 71.1 Å². The molecule has 1 aromatic heterocycles. The highest BCUT2D eigenvalue weighted by Gasteiger charge is 2.15. The third kappa shape index (κ3) is 20.2. The Morgan fingerprint density at radius 3 is 2.06 bits per heavy atom. The van der Waals surface area contributed by atoms with Gasteiger partial charge in [0, 0.05) is 18.7 Å². The second-order valence-corrected chi connectivity index (χ2v) is 9.50. The fourth-order valence-corrected chi connectivity index (χ4v) is 3.95. The SMILES string of the molecule is CCCCCCCCCCCCC/C=C/C(O)C(CO)NC(C)=O.CCCc1cc(=O)[nH]c(=S)[nH]1. The van der Waals surface area contributed by atoms with E-state index in [4.69, 9.17) is 17.3 Å². The van der Waals surface area contributed by atoms with Crippen LogP contribution in [0.15, 0.2) is 23.0 Å². The Hall–Kier alpha value is -1.77. The molecule has 0 spiro atoms. The summed E-state index contributed by atoms with van der Waals surface area (Å²) in [7, 11) is 0. The number of aliphatic hydroxyl groups is 2. The van der Waals surface area contributed by atoms with Crippen molar-refractivity contribution in [1.29, 1.82) is 0 Å². The number of hydrogen-bond donors (Lipinski definition) is 5. The van der Waals surface area contributed by atoms with Crippen molar-refractivity contribution in [3.05, 3.63) is 39.0 Å². The van der Waals surface area contributed by atoms with Crippen LogP contribution in [0.3, 0.4) is 0 Å². The summed E-state index contributed by atoms with van der Waals surface area (Å²) < 4.78 is 0.404. The molecule has 1 rings (SSSR count). The van der Waals surface area contributed by atoms with Gasteiger partial charge < -0.3 is 20.5 Å². The van der Waals surface area contributed by atoms with Gasteiger partial charge in [0.25, 0.3) is 5.56 Å². The van der Waals surface area contributed by atoms with Gasteiger partial charge in [-0.25, -0.2) is 0 Å². The number of aromatic amines is 2. The van der Waals surface area contributed by atoms with Crippen LogP contribution in [0.2, 0.25) is 0 Å². The third-order valence-electron chi connectivity index (χ3n) is 5.64. The lowest BCUT2D eigenvalue weighted by molar-refractivity contribution is -0.120. The Morgan fingerprint density at radius 2 is 1.57 bits per heavy atom. The Morgan fingerprint density at radius 1 is 1.00 bits per heavy atom. The first-order valence-electron chi connectivity index (χ1n) is 13.4. The number of carbonyl (C=O) groups is 1. The second kappa shape index (κ2) is 22.7. The van der Waals surface area contributed by atoms with E-state index in [2.05, 4.69) is 29.1 Å². The highest BCUT2D eigenvalue weighted by atomic mass is 32.1. The van der Waals surface area contributed by atoms with Gasteiger partial charge in [-0.2, -0.15) is 0 Å². The quantitative estimate of drug-likeness (QED) is 0.101. The van der Waals surface area contributed by atoms with Gasteiger partial charge in [-0.3, -0.25) is 14.6 Å². The zero-order valence-electron chi connectivity index (χ0n) is 22.1. The summed E-state index contributed by atoms with van der Waals surface area (Å²) >= 11 is 4.79. The normalized spacial score (nSPS) is 12.7. The molecule has 0 aromatic carbocycles. The summed E-state index contributed by atoms with van der Waals surface area (Å²) in [6, 6.07) is 0.926. The zero-order valence-corrected chi connectivity index (χ0v) is 22.9. The standard InChI is InChI=1S/C20H39NO3.C7H10N2OS/c1-3-4-5-6-7-8-9-10-11-12-13-14-15-16-20(24)19(17-22)21-18(2)23;1-2-3-5-4-6(10)9-7(11)8-5/h15-16,19-20,22,24H,3-14,17H2,1-2H3,(H,21,23);4H,2-3H2,1H3,(H2,8,9,10,11)/b16-15+;. The van der Waals surface area contributed by atoms with Gasteiger partial charge in [0.05, 0.1) is 18.8 Å². The number of aromatic nitrogens is 2. The molecule has 0 aliphatic carbocycles. The first-order valence-corrected chi connectivity index (χ1v) is 13.8. The maximum Gasteiger partial charge on any atom is 0.251 e. The first kappa shape index (κ1) is 33.2. The summed E-state index contributed by atoms with van der Waals surface area (Å²) in [6.45, 7) is 5.43. The average Bonchev–Trinajstić information content (AvgIpc) is 2.80. The minimum Gasteiger partial charge on any atom is -0.394 e. The Balaban J connectivity index is 0.000000867. The summed E-state index contributed by atoms with van der Waals surface area (Å²) in [5, 5.41) is 21.5. The summed E-state index contributed by atoms with van der Waals surface area (Å²) in [4.78, 5) is 27.2. The molecule has 1 heterocycles. The third-order valence-corrected chi connectivity index (χ3v) is 5.84. The number of aliphatic hydroxyl groups excluding tert-OH is 2.